The van der Waals surface area contributed by atoms with Gasteiger partial charge in [-0.2, -0.15) is 0 Å². The first-order valence-corrected chi connectivity index (χ1v) is 8.32. The minimum Gasteiger partial charge on any atom is -0.323 e. The highest BCUT2D eigenvalue weighted by Gasteiger charge is 2.70. The summed E-state index contributed by atoms with van der Waals surface area (Å²) in [4.78, 5) is 52.4. The lowest BCUT2D eigenvalue weighted by atomic mass is 10.6. The van der Waals surface area contributed by atoms with Crippen LogP contribution in [-0.4, -0.2) is 34.0 Å². The lowest BCUT2D eigenvalue weighted by molar-refractivity contribution is 0.298. The highest BCUT2D eigenvalue weighted by Crippen LogP contribution is 2.83. The highest BCUT2D eigenvalue weighted by molar-refractivity contribution is 7.88. The summed E-state index contributed by atoms with van der Waals surface area (Å²) in [5, 5.41) is 0. The van der Waals surface area contributed by atoms with Crippen molar-refractivity contribution in [1.82, 2.24) is 0 Å². The van der Waals surface area contributed by atoms with Crippen molar-refractivity contribution in [2.24, 2.45) is 0 Å². The monoisotopic (exact) mass is 284 g/mol. The Morgan fingerprint density at radius 2 is 1.00 bits per heavy atom. The normalized spacial score (nSPS) is 15.4. The zero-order chi connectivity index (χ0) is 12.7. The molecular weight excluding hydrogens is 273 g/mol. The van der Waals surface area contributed by atoms with E-state index in [2.05, 4.69) is 0 Å². The molecular formula is C3H11O9P3. The lowest BCUT2D eigenvalue weighted by Gasteiger charge is -2.33. The maximum absolute atomic E-state index is 10.9. The van der Waals surface area contributed by atoms with Crippen molar-refractivity contribution in [2.75, 3.05) is 0 Å². The number of rotatable bonds is 4. The van der Waals surface area contributed by atoms with Crippen LogP contribution in [0, 0.1) is 0 Å². The van der Waals surface area contributed by atoms with Gasteiger partial charge in [0.15, 0.2) is 0 Å². The molecule has 0 aliphatic carbocycles. The summed E-state index contributed by atoms with van der Waals surface area (Å²) in [5.74, 6) is 0. The standard InChI is InChI=1S/C3H11O9P3/c1-2-3(13(4,5)6,14(7,8)9)15(10,11)12/h2H2,1H3,(H2,4,5,6)(H2,7,8,9)(H2,10,11,12). The Hall–Kier alpha value is 0.450. The summed E-state index contributed by atoms with van der Waals surface area (Å²) in [7, 11) is -17.0. The molecule has 0 unspecified atom stereocenters. The van der Waals surface area contributed by atoms with Gasteiger partial charge in [0, 0.05) is 0 Å². The Labute approximate surface area is 84.6 Å². The summed E-state index contributed by atoms with van der Waals surface area (Å²) in [6, 6.07) is 0. The van der Waals surface area contributed by atoms with Crippen LogP contribution in [0.4, 0.5) is 0 Å². The van der Waals surface area contributed by atoms with Gasteiger partial charge in [-0.25, -0.2) is 0 Å². The predicted molar refractivity (Wildman–Crippen MR) is 49.2 cm³/mol. The van der Waals surface area contributed by atoms with Crippen LogP contribution in [0.25, 0.3) is 0 Å². The third-order valence-corrected chi connectivity index (χ3v) is 10.3. The SMILES string of the molecule is CCC(P(=O)(O)O)(P(=O)(O)O)P(=O)(O)O. The molecule has 0 aromatic rings. The zero-order valence-electron chi connectivity index (χ0n) is 7.46. The van der Waals surface area contributed by atoms with Crippen LogP contribution in [0.2, 0.25) is 0 Å². The summed E-state index contributed by atoms with van der Waals surface area (Å²) < 4.78 is 29.0. The molecule has 0 aromatic heterocycles. The van der Waals surface area contributed by atoms with E-state index in [4.69, 9.17) is 29.4 Å². The van der Waals surface area contributed by atoms with Crippen LogP contribution in [0.5, 0.6) is 0 Å². The second kappa shape index (κ2) is 4.04. The topological polar surface area (TPSA) is 173 Å². The molecule has 0 radical (unpaired) electrons. The summed E-state index contributed by atoms with van der Waals surface area (Å²) >= 11 is 0. The maximum Gasteiger partial charge on any atom is 0.356 e. The van der Waals surface area contributed by atoms with Crippen LogP contribution in [0.3, 0.4) is 0 Å². The molecule has 0 bridgehead atoms. The fourth-order valence-corrected chi connectivity index (χ4v) is 6.44. The van der Waals surface area contributed by atoms with Gasteiger partial charge in [0.25, 0.3) is 4.64 Å². The van der Waals surface area contributed by atoms with Crippen molar-refractivity contribution in [1.29, 1.82) is 0 Å². The molecule has 0 amide bonds. The minimum absolute atomic E-state index is 0.872. The molecule has 0 atom stereocenters. The van der Waals surface area contributed by atoms with E-state index in [-0.39, 0.29) is 0 Å². The van der Waals surface area contributed by atoms with E-state index in [1.54, 1.807) is 0 Å². The fourth-order valence-electron chi connectivity index (χ4n) is 1.13. The molecule has 15 heavy (non-hydrogen) atoms. The summed E-state index contributed by atoms with van der Waals surface area (Å²) in [6.45, 7) is 0.872. The van der Waals surface area contributed by atoms with Gasteiger partial charge >= 0.3 is 22.8 Å². The van der Waals surface area contributed by atoms with E-state index in [0.717, 1.165) is 6.92 Å². The van der Waals surface area contributed by atoms with Crippen LogP contribution < -0.4 is 0 Å². The molecule has 0 saturated carbocycles. The van der Waals surface area contributed by atoms with E-state index < -0.39 is 33.8 Å². The lowest BCUT2D eigenvalue weighted by Crippen LogP contribution is -2.28. The maximum atomic E-state index is 10.9. The van der Waals surface area contributed by atoms with Crippen LogP contribution in [-0.2, 0) is 13.7 Å². The summed E-state index contributed by atoms with van der Waals surface area (Å²) in [6.07, 6.45) is -1.05. The minimum atomic E-state index is -5.68. The largest absolute Gasteiger partial charge is 0.356 e. The molecule has 0 fully saturated rings. The smallest absolute Gasteiger partial charge is 0.323 e. The van der Waals surface area contributed by atoms with Crippen LogP contribution >= 0.6 is 22.8 Å². The van der Waals surface area contributed by atoms with Crippen LogP contribution in [0.1, 0.15) is 13.3 Å². The molecule has 92 valence electrons. The quantitative estimate of drug-likeness (QED) is 0.375. The first kappa shape index (κ1) is 15.4. The van der Waals surface area contributed by atoms with Crippen LogP contribution in [0.15, 0.2) is 0 Å². The van der Waals surface area contributed by atoms with Gasteiger partial charge in [-0.1, -0.05) is 6.92 Å². The third-order valence-electron chi connectivity index (χ3n) is 1.87. The summed E-state index contributed by atoms with van der Waals surface area (Å²) in [5.41, 5.74) is 0. The molecule has 0 aliphatic heterocycles. The highest BCUT2D eigenvalue weighted by atomic mass is 31.3. The van der Waals surface area contributed by atoms with Gasteiger partial charge < -0.3 is 29.4 Å². The van der Waals surface area contributed by atoms with E-state index in [1.165, 1.54) is 0 Å². The molecule has 9 nitrogen and oxygen atoms in total. The Morgan fingerprint density at radius 1 is 0.800 bits per heavy atom. The van der Waals surface area contributed by atoms with Gasteiger partial charge in [0.05, 0.1) is 0 Å². The Bertz CT molecular complexity index is 313. The Morgan fingerprint density at radius 3 is 1.00 bits per heavy atom. The van der Waals surface area contributed by atoms with Crippen molar-refractivity contribution in [3.05, 3.63) is 0 Å². The van der Waals surface area contributed by atoms with Gasteiger partial charge in [0.1, 0.15) is 0 Å². The average molecular weight is 284 g/mol. The fraction of sp³-hybridized carbons (Fsp3) is 1.00. The van der Waals surface area contributed by atoms with Crippen molar-refractivity contribution >= 4 is 22.8 Å². The van der Waals surface area contributed by atoms with Crippen molar-refractivity contribution in [3.63, 3.8) is 0 Å². The number of hydrogen-bond donors (Lipinski definition) is 6. The Kier molecular flexibility index (Phi) is 4.16. The van der Waals surface area contributed by atoms with Gasteiger partial charge in [-0.3, -0.25) is 13.7 Å². The molecule has 6 N–H and O–H groups in total. The van der Waals surface area contributed by atoms with Crippen molar-refractivity contribution in [3.8, 4) is 0 Å². The van der Waals surface area contributed by atoms with Crippen molar-refractivity contribution < 1.29 is 43.1 Å². The van der Waals surface area contributed by atoms with E-state index >= 15 is 0 Å². The third kappa shape index (κ3) is 2.42. The van der Waals surface area contributed by atoms with E-state index in [1.807, 2.05) is 0 Å². The molecule has 12 heteroatoms. The zero-order valence-corrected chi connectivity index (χ0v) is 10.1. The van der Waals surface area contributed by atoms with E-state index in [0.29, 0.717) is 0 Å². The first-order chi connectivity index (χ1) is 6.31. The molecule has 0 aromatic carbocycles. The molecule has 0 heterocycles. The predicted octanol–water partition coefficient (Wildman–Crippen LogP) is -0.417. The first-order valence-electron chi connectivity index (χ1n) is 3.48. The molecule has 0 saturated heterocycles. The molecule has 0 rings (SSSR count). The number of hydrogen-bond acceptors (Lipinski definition) is 3. The second-order valence-corrected chi connectivity index (χ2v) is 9.37. The van der Waals surface area contributed by atoms with Gasteiger partial charge in [-0.05, 0) is 6.42 Å². The van der Waals surface area contributed by atoms with Crippen molar-refractivity contribution in [2.45, 2.75) is 18.0 Å². The van der Waals surface area contributed by atoms with Gasteiger partial charge in [0.2, 0.25) is 0 Å². The second-order valence-electron chi connectivity index (χ2n) is 2.76. The molecule has 0 spiro atoms. The Balaban J connectivity index is 6.16. The molecule has 0 aliphatic rings. The average Bonchev–Trinajstić information content (AvgIpc) is 1.76. The van der Waals surface area contributed by atoms with Gasteiger partial charge in [-0.15, -0.1) is 0 Å². The van der Waals surface area contributed by atoms with E-state index in [9.17, 15) is 13.7 Å².